The minimum atomic E-state index is -3.58. The first-order valence-electron chi connectivity index (χ1n) is 9.35. The zero-order valence-corrected chi connectivity index (χ0v) is 18.5. The van der Waals surface area contributed by atoms with Crippen LogP contribution in [-0.2, 0) is 21.4 Å². The lowest BCUT2D eigenvalue weighted by molar-refractivity contribution is -0.121. The SMILES string of the molecule is CC(C)c1ccccc1OCCNC(=O)CN(Cc1ccccc1Cl)S(C)(=O)=O. The molecule has 0 radical (unpaired) electrons. The van der Waals surface area contributed by atoms with E-state index in [2.05, 4.69) is 19.2 Å². The number of ether oxygens (including phenoxy) is 1. The number of sulfonamides is 1. The van der Waals surface area contributed by atoms with Gasteiger partial charge in [-0.25, -0.2) is 8.42 Å². The fourth-order valence-electron chi connectivity index (χ4n) is 2.76. The van der Waals surface area contributed by atoms with Gasteiger partial charge < -0.3 is 10.1 Å². The molecule has 2 rings (SSSR count). The summed E-state index contributed by atoms with van der Waals surface area (Å²) in [5.41, 5.74) is 1.74. The molecule has 29 heavy (non-hydrogen) atoms. The molecule has 0 aliphatic heterocycles. The Balaban J connectivity index is 1.88. The summed E-state index contributed by atoms with van der Waals surface area (Å²) in [6.07, 6.45) is 1.07. The average Bonchev–Trinajstić information content (AvgIpc) is 2.66. The van der Waals surface area contributed by atoms with Crippen molar-refractivity contribution >= 4 is 27.5 Å². The van der Waals surface area contributed by atoms with Gasteiger partial charge in [-0.1, -0.05) is 61.8 Å². The van der Waals surface area contributed by atoms with Crippen LogP contribution in [0.5, 0.6) is 5.75 Å². The Kier molecular flexibility index (Phi) is 8.49. The van der Waals surface area contributed by atoms with Crippen LogP contribution in [0.3, 0.4) is 0 Å². The van der Waals surface area contributed by atoms with Crippen LogP contribution in [0.2, 0.25) is 5.02 Å². The second-order valence-corrected chi connectivity index (χ2v) is 9.40. The molecule has 0 heterocycles. The van der Waals surface area contributed by atoms with Crippen molar-refractivity contribution in [2.45, 2.75) is 26.3 Å². The van der Waals surface area contributed by atoms with Crippen LogP contribution in [0.4, 0.5) is 0 Å². The van der Waals surface area contributed by atoms with Crippen molar-refractivity contribution < 1.29 is 17.9 Å². The molecule has 0 saturated heterocycles. The van der Waals surface area contributed by atoms with Crippen LogP contribution in [0, 0.1) is 0 Å². The van der Waals surface area contributed by atoms with E-state index in [0.717, 1.165) is 21.9 Å². The molecule has 0 aromatic heterocycles. The first kappa shape index (κ1) is 23.2. The Morgan fingerprint density at radius 2 is 1.79 bits per heavy atom. The third kappa shape index (κ3) is 7.34. The van der Waals surface area contributed by atoms with E-state index < -0.39 is 15.9 Å². The molecule has 8 heteroatoms. The van der Waals surface area contributed by atoms with Crippen molar-refractivity contribution in [1.82, 2.24) is 9.62 Å². The number of carbonyl (C=O) groups excluding carboxylic acids is 1. The smallest absolute Gasteiger partial charge is 0.235 e. The topological polar surface area (TPSA) is 75.7 Å². The summed E-state index contributed by atoms with van der Waals surface area (Å²) < 4.78 is 31.0. The van der Waals surface area contributed by atoms with E-state index >= 15 is 0 Å². The number of nitrogens with zero attached hydrogens (tertiary/aromatic N) is 1. The predicted molar refractivity (Wildman–Crippen MR) is 116 cm³/mol. The second-order valence-electron chi connectivity index (χ2n) is 7.01. The molecule has 2 aromatic rings. The number of hydrogen-bond acceptors (Lipinski definition) is 4. The maximum absolute atomic E-state index is 12.3. The maximum atomic E-state index is 12.3. The molecular formula is C21H27ClN2O4S. The van der Waals surface area contributed by atoms with E-state index in [1.54, 1.807) is 24.3 Å². The third-order valence-electron chi connectivity index (χ3n) is 4.32. The number of amides is 1. The van der Waals surface area contributed by atoms with E-state index in [1.807, 2.05) is 24.3 Å². The summed E-state index contributed by atoms with van der Waals surface area (Å²) in [4.78, 5) is 12.3. The van der Waals surface area contributed by atoms with E-state index in [-0.39, 0.29) is 19.6 Å². The van der Waals surface area contributed by atoms with Gasteiger partial charge in [-0.05, 0) is 29.2 Å². The number of para-hydroxylation sites is 1. The highest BCUT2D eigenvalue weighted by Crippen LogP contribution is 2.25. The zero-order chi connectivity index (χ0) is 21.4. The molecule has 0 aliphatic carbocycles. The summed E-state index contributed by atoms with van der Waals surface area (Å²) in [6, 6.07) is 14.7. The van der Waals surface area contributed by atoms with Gasteiger partial charge in [0.05, 0.1) is 19.3 Å². The molecule has 0 unspecified atom stereocenters. The average molecular weight is 439 g/mol. The van der Waals surface area contributed by atoms with E-state index in [0.29, 0.717) is 23.1 Å². The second kappa shape index (κ2) is 10.6. The first-order chi connectivity index (χ1) is 13.7. The number of benzene rings is 2. The first-order valence-corrected chi connectivity index (χ1v) is 11.6. The van der Waals surface area contributed by atoms with Crippen molar-refractivity contribution in [2.75, 3.05) is 26.0 Å². The van der Waals surface area contributed by atoms with E-state index in [9.17, 15) is 13.2 Å². The summed E-state index contributed by atoms with van der Waals surface area (Å²) in [5, 5.41) is 3.16. The van der Waals surface area contributed by atoms with Gasteiger partial charge in [0, 0.05) is 11.6 Å². The van der Waals surface area contributed by atoms with Crippen molar-refractivity contribution in [3.05, 3.63) is 64.7 Å². The zero-order valence-electron chi connectivity index (χ0n) is 16.9. The predicted octanol–water partition coefficient (Wildman–Crippen LogP) is 3.42. The maximum Gasteiger partial charge on any atom is 0.235 e. The number of halogens is 1. The van der Waals surface area contributed by atoms with Crippen LogP contribution in [0.1, 0.15) is 30.9 Å². The van der Waals surface area contributed by atoms with Crippen LogP contribution in [0.25, 0.3) is 0 Å². The van der Waals surface area contributed by atoms with Gasteiger partial charge in [-0.15, -0.1) is 0 Å². The molecular weight excluding hydrogens is 412 g/mol. The van der Waals surface area contributed by atoms with Crippen molar-refractivity contribution in [2.24, 2.45) is 0 Å². The van der Waals surface area contributed by atoms with Crippen LogP contribution < -0.4 is 10.1 Å². The van der Waals surface area contributed by atoms with Crippen LogP contribution >= 0.6 is 11.6 Å². The summed E-state index contributed by atoms with van der Waals surface area (Å²) in [5.74, 6) is 0.713. The highest BCUT2D eigenvalue weighted by Gasteiger charge is 2.21. The molecule has 0 bridgehead atoms. The van der Waals surface area contributed by atoms with Gasteiger partial charge in [0.2, 0.25) is 15.9 Å². The fourth-order valence-corrected chi connectivity index (χ4v) is 3.68. The Morgan fingerprint density at radius 1 is 1.14 bits per heavy atom. The lowest BCUT2D eigenvalue weighted by Crippen LogP contribution is -2.41. The Bertz CT molecular complexity index is 932. The number of nitrogens with one attached hydrogen (secondary N) is 1. The minimum absolute atomic E-state index is 0.0319. The summed E-state index contributed by atoms with van der Waals surface area (Å²) >= 11 is 6.11. The van der Waals surface area contributed by atoms with Gasteiger partial charge in [-0.3, -0.25) is 4.79 Å². The normalized spacial score (nSPS) is 11.7. The Hall–Kier alpha value is -2.09. The minimum Gasteiger partial charge on any atom is -0.491 e. The number of hydrogen-bond donors (Lipinski definition) is 1. The molecule has 1 amide bonds. The van der Waals surface area contributed by atoms with Gasteiger partial charge in [0.1, 0.15) is 12.4 Å². The van der Waals surface area contributed by atoms with E-state index in [4.69, 9.17) is 16.3 Å². The fraction of sp³-hybridized carbons (Fsp3) is 0.381. The van der Waals surface area contributed by atoms with Gasteiger partial charge in [0.15, 0.2) is 0 Å². The summed E-state index contributed by atoms with van der Waals surface area (Å²) in [7, 11) is -3.58. The quantitative estimate of drug-likeness (QED) is 0.576. The molecule has 0 fully saturated rings. The highest BCUT2D eigenvalue weighted by molar-refractivity contribution is 7.88. The van der Waals surface area contributed by atoms with Crippen molar-refractivity contribution in [3.63, 3.8) is 0 Å². The van der Waals surface area contributed by atoms with Crippen molar-refractivity contribution in [1.29, 1.82) is 0 Å². The van der Waals surface area contributed by atoms with Crippen LogP contribution in [0.15, 0.2) is 48.5 Å². The number of rotatable bonds is 10. The van der Waals surface area contributed by atoms with E-state index in [1.165, 1.54) is 0 Å². The number of carbonyl (C=O) groups is 1. The molecule has 1 N–H and O–H groups in total. The molecule has 0 saturated carbocycles. The van der Waals surface area contributed by atoms with Crippen molar-refractivity contribution in [3.8, 4) is 5.75 Å². The Morgan fingerprint density at radius 3 is 2.45 bits per heavy atom. The van der Waals surface area contributed by atoms with Crippen LogP contribution in [-0.4, -0.2) is 44.6 Å². The summed E-state index contributed by atoms with van der Waals surface area (Å²) in [6.45, 7) is 4.48. The molecule has 0 aliphatic rings. The highest BCUT2D eigenvalue weighted by atomic mass is 35.5. The molecule has 158 valence electrons. The molecule has 2 aromatic carbocycles. The van der Waals surface area contributed by atoms with Gasteiger partial charge in [0.25, 0.3) is 0 Å². The van der Waals surface area contributed by atoms with Gasteiger partial charge >= 0.3 is 0 Å². The monoisotopic (exact) mass is 438 g/mol. The van der Waals surface area contributed by atoms with Gasteiger partial charge in [-0.2, -0.15) is 4.31 Å². The molecule has 0 spiro atoms. The Labute approximate surface area is 177 Å². The standard InChI is InChI=1S/C21H27ClN2O4S/c1-16(2)18-9-5-7-11-20(18)28-13-12-23-21(25)15-24(29(3,26)27)14-17-8-4-6-10-19(17)22/h4-11,16H,12-15H2,1-3H3,(H,23,25). The lowest BCUT2D eigenvalue weighted by atomic mass is 10.0. The molecule has 0 atom stereocenters. The third-order valence-corrected chi connectivity index (χ3v) is 5.88. The molecule has 6 nitrogen and oxygen atoms in total. The largest absolute Gasteiger partial charge is 0.491 e. The lowest BCUT2D eigenvalue weighted by Gasteiger charge is -2.20.